The second-order valence-corrected chi connectivity index (χ2v) is 7.35. The summed E-state index contributed by atoms with van der Waals surface area (Å²) in [5.74, 6) is -0.0746. The predicted octanol–water partition coefficient (Wildman–Crippen LogP) is 4.61. The van der Waals surface area contributed by atoms with Gasteiger partial charge in [-0.3, -0.25) is 10.1 Å². The molecule has 0 aliphatic heterocycles. The maximum absolute atomic E-state index is 12.6. The Kier molecular flexibility index (Phi) is 6.03. The summed E-state index contributed by atoms with van der Waals surface area (Å²) < 4.78 is 5.21. The van der Waals surface area contributed by atoms with Crippen molar-refractivity contribution in [3.63, 3.8) is 0 Å². The fourth-order valence-corrected chi connectivity index (χ4v) is 2.38. The quantitative estimate of drug-likeness (QED) is 0.872. The van der Waals surface area contributed by atoms with Gasteiger partial charge in [-0.25, -0.2) is 4.79 Å². The second-order valence-electron chi connectivity index (χ2n) is 7.35. The molecule has 138 valence electrons. The zero-order chi connectivity index (χ0) is 19.3. The topological polar surface area (TPSA) is 58.6 Å². The van der Waals surface area contributed by atoms with Gasteiger partial charge in [0.15, 0.2) is 0 Å². The standard InChI is InChI=1S/C21H26N2O3/c1-15-6-8-16(9-7-15)14-23(5)19(24)17-10-12-18(13-11-17)22-20(25)26-21(2,3)4/h6-13H,14H2,1-5H3,(H,22,25). The van der Waals surface area contributed by atoms with E-state index in [2.05, 4.69) is 5.32 Å². The molecule has 0 heterocycles. The average Bonchev–Trinajstić information content (AvgIpc) is 2.55. The number of carbonyl (C=O) groups excluding carboxylic acids is 2. The van der Waals surface area contributed by atoms with Crippen LogP contribution in [0.25, 0.3) is 0 Å². The number of rotatable bonds is 4. The van der Waals surface area contributed by atoms with Crippen molar-refractivity contribution in [2.24, 2.45) is 0 Å². The molecule has 0 bridgehead atoms. The molecule has 2 aromatic carbocycles. The zero-order valence-electron chi connectivity index (χ0n) is 16.0. The van der Waals surface area contributed by atoms with Gasteiger partial charge in [-0.15, -0.1) is 0 Å². The van der Waals surface area contributed by atoms with Crippen molar-refractivity contribution in [2.45, 2.75) is 39.8 Å². The van der Waals surface area contributed by atoms with E-state index in [4.69, 9.17) is 4.74 Å². The summed E-state index contributed by atoms with van der Waals surface area (Å²) in [7, 11) is 1.77. The number of benzene rings is 2. The Labute approximate surface area is 155 Å². The lowest BCUT2D eigenvalue weighted by atomic mass is 10.1. The van der Waals surface area contributed by atoms with Crippen molar-refractivity contribution in [1.82, 2.24) is 4.90 Å². The van der Waals surface area contributed by atoms with E-state index < -0.39 is 11.7 Å². The minimum Gasteiger partial charge on any atom is -0.444 e. The van der Waals surface area contributed by atoms with E-state index in [1.54, 1.807) is 57.0 Å². The van der Waals surface area contributed by atoms with E-state index in [-0.39, 0.29) is 5.91 Å². The molecule has 0 saturated carbocycles. The van der Waals surface area contributed by atoms with Gasteiger partial charge < -0.3 is 9.64 Å². The Morgan fingerprint density at radius 3 is 2.12 bits per heavy atom. The number of amides is 2. The summed E-state index contributed by atoms with van der Waals surface area (Å²) in [6.45, 7) is 7.98. The number of hydrogen-bond acceptors (Lipinski definition) is 3. The summed E-state index contributed by atoms with van der Waals surface area (Å²) >= 11 is 0. The Morgan fingerprint density at radius 1 is 1.00 bits per heavy atom. The molecule has 0 atom stereocenters. The number of aryl methyl sites for hydroxylation is 1. The van der Waals surface area contributed by atoms with Crippen LogP contribution in [-0.4, -0.2) is 29.5 Å². The third kappa shape index (κ3) is 5.92. The van der Waals surface area contributed by atoms with Gasteiger partial charge in [0, 0.05) is 24.8 Å². The maximum Gasteiger partial charge on any atom is 0.412 e. The van der Waals surface area contributed by atoms with E-state index in [0.29, 0.717) is 17.8 Å². The molecule has 1 N–H and O–H groups in total. The van der Waals surface area contributed by atoms with Crippen LogP contribution in [0.15, 0.2) is 48.5 Å². The van der Waals surface area contributed by atoms with E-state index in [1.807, 2.05) is 31.2 Å². The summed E-state index contributed by atoms with van der Waals surface area (Å²) in [5.41, 5.74) is 2.86. The molecule has 0 radical (unpaired) electrons. The van der Waals surface area contributed by atoms with Crippen molar-refractivity contribution in [2.75, 3.05) is 12.4 Å². The van der Waals surface area contributed by atoms with Crippen LogP contribution in [0.4, 0.5) is 10.5 Å². The molecule has 2 aromatic rings. The molecule has 0 saturated heterocycles. The molecule has 26 heavy (non-hydrogen) atoms. The molecule has 0 spiro atoms. The van der Waals surface area contributed by atoms with Gasteiger partial charge >= 0.3 is 6.09 Å². The van der Waals surface area contributed by atoms with Crippen molar-refractivity contribution in [1.29, 1.82) is 0 Å². The van der Waals surface area contributed by atoms with Crippen LogP contribution < -0.4 is 5.32 Å². The highest BCUT2D eigenvalue weighted by atomic mass is 16.6. The van der Waals surface area contributed by atoms with Crippen molar-refractivity contribution in [3.8, 4) is 0 Å². The molecule has 5 nitrogen and oxygen atoms in total. The van der Waals surface area contributed by atoms with Gasteiger partial charge in [0.1, 0.15) is 5.60 Å². The third-order valence-electron chi connectivity index (χ3n) is 3.66. The highest BCUT2D eigenvalue weighted by Crippen LogP contribution is 2.15. The van der Waals surface area contributed by atoms with Crippen LogP contribution in [-0.2, 0) is 11.3 Å². The minimum atomic E-state index is -0.557. The first-order chi connectivity index (χ1) is 12.1. The van der Waals surface area contributed by atoms with Gasteiger partial charge in [0.25, 0.3) is 5.91 Å². The van der Waals surface area contributed by atoms with Gasteiger partial charge in [-0.05, 0) is 57.5 Å². The van der Waals surface area contributed by atoms with Crippen molar-refractivity contribution in [3.05, 3.63) is 65.2 Å². The number of carbonyl (C=O) groups is 2. The molecule has 0 aliphatic carbocycles. The van der Waals surface area contributed by atoms with Crippen LogP contribution in [0.3, 0.4) is 0 Å². The lowest BCUT2D eigenvalue weighted by Gasteiger charge is -2.20. The fraction of sp³-hybridized carbons (Fsp3) is 0.333. The maximum atomic E-state index is 12.6. The normalized spacial score (nSPS) is 11.0. The van der Waals surface area contributed by atoms with Crippen LogP contribution >= 0.6 is 0 Å². The average molecular weight is 354 g/mol. The number of anilines is 1. The van der Waals surface area contributed by atoms with E-state index >= 15 is 0 Å². The molecular formula is C21H26N2O3. The van der Waals surface area contributed by atoms with E-state index in [0.717, 1.165) is 5.56 Å². The van der Waals surface area contributed by atoms with Gasteiger partial charge in [-0.2, -0.15) is 0 Å². The van der Waals surface area contributed by atoms with Gasteiger partial charge in [-0.1, -0.05) is 29.8 Å². The summed E-state index contributed by atoms with van der Waals surface area (Å²) in [5, 5.41) is 2.65. The van der Waals surface area contributed by atoms with Crippen molar-refractivity contribution >= 4 is 17.7 Å². The summed E-state index contributed by atoms with van der Waals surface area (Å²) in [6, 6.07) is 14.9. The number of nitrogens with one attached hydrogen (secondary N) is 1. The highest BCUT2D eigenvalue weighted by molar-refractivity contribution is 5.95. The lowest BCUT2D eigenvalue weighted by Crippen LogP contribution is -2.27. The third-order valence-corrected chi connectivity index (χ3v) is 3.66. The Morgan fingerprint density at radius 2 is 1.58 bits per heavy atom. The zero-order valence-corrected chi connectivity index (χ0v) is 16.0. The summed E-state index contributed by atoms with van der Waals surface area (Å²) in [6.07, 6.45) is -0.520. The van der Waals surface area contributed by atoms with Crippen LogP contribution in [0.1, 0.15) is 42.3 Å². The largest absolute Gasteiger partial charge is 0.444 e. The molecule has 0 aromatic heterocycles. The van der Waals surface area contributed by atoms with Crippen LogP contribution in [0.2, 0.25) is 0 Å². The Hall–Kier alpha value is -2.82. The van der Waals surface area contributed by atoms with E-state index in [1.165, 1.54) is 5.56 Å². The minimum absolute atomic E-state index is 0.0746. The monoisotopic (exact) mass is 354 g/mol. The highest BCUT2D eigenvalue weighted by Gasteiger charge is 2.17. The first kappa shape index (κ1) is 19.5. The molecular weight excluding hydrogens is 328 g/mol. The number of hydrogen-bond donors (Lipinski definition) is 1. The molecule has 5 heteroatoms. The SMILES string of the molecule is Cc1ccc(CN(C)C(=O)c2ccc(NC(=O)OC(C)(C)C)cc2)cc1. The first-order valence-electron chi connectivity index (χ1n) is 8.55. The van der Waals surface area contributed by atoms with Gasteiger partial charge in [0.05, 0.1) is 0 Å². The predicted molar refractivity (Wildman–Crippen MR) is 103 cm³/mol. The second kappa shape index (κ2) is 8.04. The smallest absolute Gasteiger partial charge is 0.412 e. The number of nitrogens with zero attached hydrogens (tertiary/aromatic N) is 1. The molecule has 0 fully saturated rings. The number of ether oxygens (including phenoxy) is 1. The first-order valence-corrected chi connectivity index (χ1v) is 8.55. The Bertz CT molecular complexity index is 759. The fourth-order valence-electron chi connectivity index (χ4n) is 2.38. The Balaban J connectivity index is 1.97. The van der Waals surface area contributed by atoms with E-state index in [9.17, 15) is 9.59 Å². The summed E-state index contributed by atoms with van der Waals surface area (Å²) in [4.78, 5) is 26.0. The van der Waals surface area contributed by atoms with Crippen LogP contribution in [0.5, 0.6) is 0 Å². The van der Waals surface area contributed by atoms with Gasteiger partial charge in [0.2, 0.25) is 0 Å². The molecule has 2 rings (SSSR count). The van der Waals surface area contributed by atoms with Crippen molar-refractivity contribution < 1.29 is 14.3 Å². The lowest BCUT2D eigenvalue weighted by molar-refractivity contribution is 0.0635. The molecule has 2 amide bonds. The molecule has 0 aliphatic rings. The molecule has 0 unspecified atom stereocenters. The van der Waals surface area contributed by atoms with Crippen LogP contribution in [0, 0.1) is 6.92 Å².